The van der Waals surface area contributed by atoms with Crippen molar-refractivity contribution in [2.45, 2.75) is 6.92 Å². The maximum Gasteiger partial charge on any atom is 0.345 e. The molecule has 2 N–H and O–H groups in total. The second kappa shape index (κ2) is 11.4. The van der Waals surface area contributed by atoms with Gasteiger partial charge in [0.15, 0.2) is 11.5 Å². The third kappa shape index (κ3) is 6.97. The molecule has 3 aromatic rings. The molecule has 0 aliphatic rings. The highest BCUT2D eigenvalue weighted by atomic mass is 35.5. The van der Waals surface area contributed by atoms with Crippen LogP contribution in [0.15, 0.2) is 65.8 Å². The molecule has 0 unspecified atom stereocenters. The van der Waals surface area contributed by atoms with Crippen LogP contribution < -0.4 is 20.2 Å². The van der Waals surface area contributed by atoms with E-state index in [1.807, 2.05) is 31.2 Å². The zero-order chi connectivity index (χ0) is 23.8. The van der Waals surface area contributed by atoms with Crippen molar-refractivity contribution in [2.75, 3.05) is 19.0 Å². The van der Waals surface area contributed by atoms with Gasteiger partial charge in [-0.2, -0.15) is 5.10 Å². The lowest BCUT2D eigenvalue weighted by atomic mass is 10.2. The Morgan fingerprint density at radius 2 is 1.76 bits per heavy atom. The van der Waals surface area contributed by atoms with Gasteiger partial charge in [0, 0.05) is 10.7 Å². The maximum atomic E-state index is 12.4. The number of methoxy groups -OCH3 is 1. The second-order valence-electron chi connectivity index (χ2n) is 6.94. The van der Waals surface area contributed by atoms with E-state index in [0.717, 1.165) is 11.3 Å². The smallest absolute Gasteiger partial charge is 0.345 e. The maximum absolute atomic E-state index is 12.4. The van der Waals surface area contributed by atoms with Crippen LogP contribution in [0.4, 0.5) is 5.69 Å². The summed E-state index contributed by atoms with van der Waals surface area (Å²) < 4.78 is 10.7. The summed E-state index contributed by atoms with van der Waals surface area (Å²) in [7, 11) is 1.45. The van der Waals surface area contributed by atoms with Crippen molar-refractivity contribution < 1.29 is 19.1 Å². The van der Waals surface area contributed by atoms with Crippen molar-refractivity contribution in [1.29, 1.82) is 0 Å². The van der Waals surface area contributed by atoms with E-state index in [1.165, 1.54) is 25.5 Å². The summed E-state index contributed by atoms with van der Waals surface area (Å²) in [5, 5.41) is 7.55. The number of rotatable bonds is 8. The monoisotopic (exact) mass is 485 g/mol. The van der Waals surface area contributed by atoms with E-state index >= 15 is 0 Å². The zero-order valence-electron chi connectivity index (χ0n) is 17.9. The number of carbonyl (C=O) groups excluding carboxylic acids is 2. The largest absolute Gasteiger partial charge is 0.493 e. The SMILES string of the molecule is COc1cc(C=NNC(=O)CNc2ccc(C)cc2)ccc1OC(=O)c1ccc(Cl)cc1Cl. The van der Waals surface area contributed by atoms with Crippen LogP contribution in [0.25, 0.3) is 0 Å². The lowest BCUT2D eigenvalue weighted by molar-refractivity contribution is -0.119. The molecule has 170 valence electrons. The number of nitrogens with one attached hydrogen (secondary N) is 2. The highest BCUT2D eigenvalue weighted by molar-refractivity contribution is 6.36. The summed E-state index contributed by atoms with van der Waals surface area (Å²) >= 11 is 11.9. The number of aryl methyl sites for hydroxylation is 1. The van der Waals surface area contributed by atoms with Gasteiger partial charge in [0.1, 0.15) is 0 Å². The van der Waals surface area contributed by atoms with E-state index in [-0.39, 0.29) is 28.8 Å². The van der Waals surface area contributed by atoms with Crippen LogP contribution in [0.2, 0.25) is 10.0 Å². The quantitative estimate of drug-likeness (QED) is 0.200. The Bertz CT molecular complexity index is 1180. The molecular formula is C24H21Cl2N3O4. The minimum atomic E-state index is -0.648. The summed E-state index contributed by atoms with van der Waals surface area (Å²) in [6.07, 6.45) is 1.45. The first-order valence-electron chi connectivity index (χ1n) is 9.83. The molecule has 0 aliphatic carbocycles. The third-order valence-electron chi connectivity index (χ3n) is 4.45. The number of hydrazone groups is 1. The predicted molar refractivity (Wildman–Crippen MR) is 130 cm³/mol. The molecule has 0 fully saturated rings. The number of nitrogens with zero attached hydrogens (tertiary/aromatic N) is 1. The summed E-state index contributed by atoms with van der Waals surface area (Å²) in [4.78, 5) is 24.4. The van der Waals surface area contributed by atoms with Crippen LogP contribution >= 0.6 is 23.2 Å². The topological polar surface area (TPSA) is 89.0 Å². The van der Waals surface area contributed by atoms with E-state index in [2.05, 4.69) is 15.8 Å². The first-order chi connectivity index (χ1) is 15.9. The summed E-state index contributed by atoms with van der Waals surface area (Å²) in [6, 6.07) is 17.0. The number of carbonyl (C=O) groups is 2. The molecule has 0 bridgehead atoms. The fourth-order valence-corrected chi connectivity index (χ4v) is 3.22. The number of hydrogen-bond donors (Lipinski definition) is 2. The Balaban J connectivity index is 1.58. The number of anilines is 1. The predicted octanol–water partition coefficient (Wildman–Crippen LogP) is 5.09. The Hall–Kier alpha value is -3.55. The summed E-state index contributed by atoms with van der Waals surface area (Å²) in [5.41, 5.74) is 5.23. The van der Waals surface area contributed by atoms with Gasteiger partial charge in [0.05, 0.1) is 30.5 Å². The van der Waals surface area contributed by atoms with Crippen LogP contribution in [0.3, 0.4) is 0 Å². The van der Waals surface area contributed by atoms with Crippen molar-refractivity contribution in [3.8, 4) is 11.5 Å². The van der Waals surface area contributed by atoms with E-state index in [1.54, 1.807) is 24.3 Å². The van der Waals surface area contributed by atoms with Crippen LogP contribution in [0, 0.1) is 6.92 Å². The first-order valence-corrected chi connectivity index (χ1v) is 10.6. The second-order valence-corrected chi connectivity index (χ2v) is 7.78. The van der Waals surface area contributed by atoms with Gasteiger partial charge in [-0.15, -0.1) is 0 Å². The molecule has 3 aromatic carbocycles. The van der Waals surface area contributed by atoms with Gasteiger partial charge in [-0.25, -0.2) is 10.2 Å². The van der Waals surface area contributed by atoms with Crippen molar-refractivity contribution in [1.82, 2.24) is 5.43 Å². The minimum absolute atomic E-state index is 0.0753. The highest BCUT2D eigenvalue weighted by Crippen LogP contribution is 2.29. The van der Waals surface area contributed by atoms with Gasteiger partial charge in [-0.05, 0) is 61.0 Å². The molecule has 0 aromatic heterocycles. The highest BCUT2D eigenvalue weighted by Gasteiger charge is 2.16. The van der Waals surface area contributed by atoms with Crippen molar-refractivity contribution in [2.24, 2.45) is 5.10 Å². The van der Waals surface area contributed by atoms with Gasteiger partial charge in [-0.1, -0.05) is 40.9 Å². The van der Waals surface area contributed by atoms with Gasteiger partial charge < -0.3 is 14.8 Å². The van der Waals surface area contributed by atoms with Crippen molar-refractivity contribution in [3.63, 3.8) is 0 Å². The minimum Gasteiger partial charge on any atom is -0.493 e. The Morgan fingerprint density at radius 3 is 2.45 bits per heavy atom. The van der Waals surface area contributed by atoms with Gasteiger partial charge >= 0.3 is 5.97 Å². The average Bonchev–Trinajstić information content (AvgIpc) is 2.79. The van der Waals surface area contributed by atoms with E-state index in [0.29, 0.717) is 16.3 Å². The van der Waals surface area contributed by atoms with E-state index in [9.17, 15) is 9.59 Å². The summed E-state index contributed by atoms with van der Waals surface area (Å²) in [5.74, 6) is -0.435. The molecule has 0 radical (unpaired) electrons. The fourth-order valence-electron chi connectivity index (χ4n) is 2.73. The van der Waals surface area contributed by atoms with Crippen LogP contribution in [-0.4, -0.2) is 31.7 Å². The van der Waals surface area contributed by atoms with E-state index < -0.39 is 5.97 Å². The number of amides is 1. The van der Waals surface area contributed by atoms with Crippen molar-refractivity contribution >= 4 is 47.0 Å². The third-order valence-corrected chi connectivity index (χ3v) is 5.00. The Labute approximate surface area is 201 Å². The van der Waals surface area contributed by atoms with Crippen LogP contribution in [-0.2, 0) is 4.79 Å². The normalized spacial score (nSPS) is 10.7. The fraction of sp³-hybridized carbons (Fsp3) is 0.125. The molecule has 0 atom stereocenters. The zero-order valence-corrected chi connectivity index (χ0v) is 19.4. The van der Waals surface area contributed by atoms with Gasteiger partial charge in [0.2, 0.25) is 0 Å². The van der Waals surface area contributed by atoms with Crippen LogP contribution in [0.1, 0.15) is 21.5 Å². The molecule has 3 rings (SSSR count). The number of esters is 1. The first kappa shape index (κ1) is 24.1. The van der Waals surface area contributed by atoms with E-state index in [4.69, 9.17) is 32.7 Å². The molecule has 0 aliphatic heterocycles. The van der Waals surface area contributed by atoms with Crippen LogP contribution in [0.5, 0.6) is 11.5 Å². The number of halogens is 2. The molecule has 1 amide bonds. The molecule has 0 saturated heterocycles. The molecule has 33 heavy (non-hydrogen) atoms. The molecule has 7 nitrogen and oxygen atoms in total. The molecular weight excluding hydrogens is 465 g/mol. The van der Waals surface area contributed by atoms with Crippen molar-refractivity contribution in [3.05, 3.63) is 87.4 Å². The molecule has 0 heterocycles. The molecule has 9 heteroatoms. The number of hydrogen-bond acceptors (Lipinski definition) is 6. The Kier molecular flexibility index (Phi) is 8.29. The number of benzene rings is 3. The number of ether oxygens (including phenoxy) is 2. The standard InChI is InChI=1S/C24H21Cl2N3O4/c1-15-3-7-18(8-4-15)27-14-23(30)29-28-13-16-5-10-21(22(11-16)32-2)33-24(31)19-9-6-17(25)12-20(19)26/h3-13,27H,14H2,1-2H3,(H,29,30). The average molecular weight is 486 g/mol. The molecule has 0 spiro atoms. The molecule has 0 saturated carbocycles. The summed E-state index contributed by atoms with van der Waals surface area (Å²) in [6.45, 7) is 2.07. The van der Waals surface area contributed by atoms with Gasteiger partial charge in [0.25, 0.3) is 5.91 Å². The van der Waals surface area contributed by atoms with Gasteiger partial charge in [-0.3, -0.25) is 4.79 Å². The lowest BCUT2D eigenvalue weighted by Crippen LogP contribution is -2.25. The lowest BCUT2D eigenvalue weighted by Gasteiger charge is -2.10. The Morgan fingerprint density at radius 1 is 1.00 bits per heavy atom.